The number of pyridine rings is 1. The largest absolute Gasteiger partial charge is 0.486 e. The molecular formula is C13H16N4O5. The third-order valence-corrected chi connectivity index (χ3v) is 3.31. The normalized spacial score (nSPS) is 28.5. The molecule has 0 saturated carbocycles. The molecule has 1 saturated heterocycles. The number of aliphatic hydroxyl groups is 3. The fourth-order valence-corrected chi connectivity index (χ4v) is 2.12. The zero-order chi connectivity index (χ0) is 15.5. The molecule has 0 radical (unpaired) electrons. The van der Waals surface area contributed by atoms with E-state index in [0.717, 1.165) is 0 Å². The molecule has 0 unspecified atom stereocenters. The molecule has 0 bridgehead atoms. The van der Waals surface area contributed by atoms with E-state index in [1.807, 2.05) is 0 Å². The van der Waals surface area contributed by atoms with Crippen molar-refractivity contribution in [3.8, 4) is 5.75 Å². The smallest absolute Gasteiger partial charge is 0.180 e. The van der Waals surface area contributed by atoms with Crippen LogP contribution in [0, 0.1) is 0 Å². The van der Waals surface area contributed by atoms with Gasteiger partial charge in [-0.15, -0.1) is 5.10 Å². The Morgan fingerprint density at radius 3 is 2.95 bits per heavy atom. The summed E-state index contributed by atoms with van der Waals surface area (Å²) >= 11 is 0. The van der Waals surface area contributed by atoms with Gasteiger partial charge in [-0.25, -0.2) is 4.68 Å². The van der Waals surface area contributed by atoms with Gasteiger partial charge in [0.1, 0.15) is 36.4 Å². The van der Waals surface area contributed by atoms with Crippen LogP contribution in [0.15, 0.2) is 30.7 Å². The Morgan fingerprint density at radius 2 is 2.18 bits per heavy atom. The summed E-state index contributed by atoms with van der Waals surface area (Å²) in [6.07, 6.45) is 0.159. The van der Waals surface area contributed by atoms with Crippen LogP contribution in [0.2, 0.25) is 0 Å². The van der Waals surface area contributed by atoms with Crippen molar-refractivity contribution in [2.45, 2.75) is 31.1 Å². The molecule has 3 heterocycles. The first-order chi connectivity index (χ1) is 10.6. The zero-order valence-electron chi connectivity index (χ0n) is 11.6. The summed E-state index contributed by atoms with van der Waals surface area (Å²) < 4.78 is 12.1. The third-order valence-electron chi connectivity index (χ3n) is 3.31. The van der Waals surface area contributed by atoms with Crippen LogP contribution in [0.4, 0.5) is 0 Å². The molecule has 2 aromatic heterocycles. The monoisotopic (exact) mass is 308 g/mol. The molecule has 9 heteroatoms. The van der Waals surface area contributed by atoms with Crippen LogP contribution >= 0.6 is 0 Å². The van der Waals surface area contributed by atoms with Crippen molar-refractivity contribution in [2.24, 2.45) is 0 Å². The molecule has 9 nitrogen and oxygen atoms in total. The lowest BCUT2D eigenvalue weighted by Gasteiger charge is -2.34. The molecule has 1 fully saturated rings. The maximum Gasteiger partial charge on any atom is 0.180 e. The first kappa shape index (κ1) is 14.9. The number of nitrogens with zero attached hydrogens (tertiary/aromatic N) is 4. The molecule has 3 rings (SSSR count). The van der Waals surface area contributed by atoms with E-state index >= 15 is 0 Å². The quantitative estimate of drug-likeness (QED) is 0.648. The first-order valence-electron chi connectivity index (χ1n) is 6.74. The summed E-state index contributed by atoms with van der Waals surface area (Å²) in [7, 11) is 0. The minimum atomic E-state index is -1.29. The molecule has 0 amide bonds. The fourth-order valence-electron chi connectivity index (χ4n) is 2.12. The van der Waals surface area contributed by atoms with Crippen molar-refractivity contribution in [3.63, 3.8) is 0 Å². The fraction of sp³-hybridized carbons (Fsp3) is 0.462. The van der Waals surface area contributed by atoms with Gasteiger partial charge in [0.25, 0.3) is 0 Å². The SMILES string of the molecule is O[C@@H]1[C@@H](O)[C@@H](n2cc(COc3cccnc3)nn2)OC[C@H]1O. The van der Waals surface area contributed by atoms with E-state index in [0.29, 0.717) is 11.4 Å². The molecule has 2 aromatic rings. The Bertz CT molecular complexity index is 607. The molecular weight excluding hydrogens is 292 g/mol. The van der Waals surface area contributed by atoms with Crippen LogP contribution in [0.5, 0.6) is 5.75 Å². The average molecular weight is 308 g/mol. The molecule has 3 N–H and O–H groups in total. The van der Waals surface area contributed by atoms with Crippen LogP contribution in [0.3, 0.4) is 0 Å². The highest BCUT2D eigenvalue weighted by Gasteiger charge is 2.39. The van der Waals surface area contributed by atoms with Crippen molar-refractivity contribution in [1.29, 1.82) is 0 Å². The topological polar surface area (TPSA) is 123 Å². The van der Waals surface area contributed by atoms with Crippen molar-refractivity contribution in [3.05, 3.63) is 36.4 Å². The van der Waals surface area contributed by atoms with Crippen molar-refractivity contribution >= 4 is 0 Å². The highest BCUT2D eigenvalue weighted by molar-refractivity contribution is 5.15. The molecule has 22 heavy (non-hydrogen) atoms. The summed E-state index contributed by atoms with van der Waals surface area (Å²) in [5.41, 5.74) is 0.528. The Labute approximate surface area is 125 Å². The minimum Gasteiger partial charge on any atom is -0.486 e. The minimum absolute atomic E-state index is 0.0930. The van der Waals surface area contributed by atoms with Crippen LogP contribution < -0.4 is 4.74 Å². The average Bonchev–Trinajstić information content (AvgIpc) is 3.00. The third kappa shape index (κ3) is 3.07. The highest BCUT2D eigenvalue weighted by atomic mass is 16.5. The van der Waals surface area contributed by atoms with Gasteiger partial charge in [0.2, 0.25) is 0 Å². The molecule has 1 aliphatic rings. The van der Waals surface area contributed by atoms with E-state index in [1.54, 1.807) is 30.7 Å². The standard InChI is InChI=1S/C13H16N4O5/c18-10-7-22-13(12(20)11(10)19)17-5-8(15-16-17)6-21-9-2-1-3-14-4-9/h1-5,10-13,18-20H,6-7H2/t10-,11+,12-,13+/m1/s1. The number of ether oxygens (including phenoxy) is 2. The number of aromatic nitrogens is 4. The second-order valence-electron chi connectivity index (χ2n) is 4.94. The Morgan fingerprint density at radius 1 is 1.32 bits per heavy atom. The molecule has 4 atom stereocenters. The van der Waals surface area contributed by atoms with Gasteiger partial charge >= 0.3 is 0 Å². The Kier molecular flexibility index (Phi) is 4.29. The number of rotatable bonds is 4. The van der Waals surface area contributed by atoms with Gasteiger partial charge in [-0.2, -0.15) is 0 Å². The number of aliphatic hydroxyl groups excluding tert-OH is 3. The predicted octanol–water partition coefficient (Wildman–Crippen LogP) is -1.14. The van der Waals surface area contributed by atoms with Gasteiger partial charge in [0.05, 0.1) is 19.0 Å². The summed E-state index contributed by atoms with van der Waals surface area (Å²) in [6, 6.07) is 3.52. The molecule has 0 aliphatic carbocycles. The maximum atomic E-state index is 9.92. The highest BCUT2D eigenvalue weighted by Crippen LogP contribution is 2.23. The van der Waals surface area contributed by atoms with E-state index in [4.69, 9.17) is 9.47 Å². The number of hydrogen-bond donors (Lipinski definition) is 3. The van der Waals surface area contributed by atoms with E-state index < -0.39 is 24.5 Å². The summed E-state index contributed by atoms with van der Waals surface area (Å²) in [5.74, 6) is 0.601. The van der Waals surface area contributed by atoms with Crippen LogP contribution in [0.25, 0.3) is 0 Å². The predicted molar refractivity (Wildman–Crippen MR) is 71.6 cm³/mol. The molecule has 0 aromatic carbocycles. The number of hydrogen-bond acceptors (Lipinski definition) is 8. The van der Waals surface area contributed by atoms with Gasteiger partial charge in [-0.05, 0) is 12.1 Å². The Balaban J connectivity index is 1.64. The first-order valence-corrected chi connectivity index (χ1v) is 6.74. The van der Waals surface area contributed by atoms with E-state index in [2.05, 4.69) is 15.3 Å². The van der Waals surface area contributed by atoms with E-state index in [9.17, 15) is 15.3 Å². The van der Waals surface area contributed by atoms with Gasteiger partial charge in [-0.1, -0.05) is 5.21 Å². The Hall–Kier alpha value is -2.07. The lowest BCUT2D eigenvalue weighted by atomic mass is 10.0. The lowest BCUT2D eigenvalue weighted by molar-refractivity contribution is -0.214. The van der Waals surface area contributed by atoms with Gasteiger partial charge in [0, 0.05) is 6.20 Å². The van der Waals surface area contributed by atoms with Crippen molar-refractivity contribution in [2.75, 3.05) is 6.61 Å². The van der Waals surface area contributed by atoms with Crippen LogP contribution in [0.1, 0.15) is 11.9 Å². The molecule has 1 aliphatic heterocycles. The maximum absolute atomic E-state index is 9.92. The molecule has 0 spiro atoms. The second-order valence-corrected chi connectivity index (χ2v) is 4.94. The van der Waals surface area contributed by atoms with Gasteiger partial charge < -0.3 is 24.8 Å². The van der Waals surface area contributed by atoms with Crippen molar-refractivity contribution < 1.29 is 24.8 Å². The molecule has 118 valence electrons. The van der Waals surface area contributed by atoms with Crippen LogP contribution in [-0.2, 0) is 11.3 Å². The second kappa shape index (κ2) is 6.36. The lowest BCUT2D eigenvalue weighted by Crippen LogP contribution is -2.50. The summed E-state index contributed by atoms with van der Waals surface area (Å²) in [6.45, 7) is 0.0873. The summed E-state index contributed by atoms with van der Waals surface area (Å²) in [4.78, 5) is 3.93. The van der Waals surface area contributed by atoms with Gasteiger partial charge in [-0.3, -0.25) is 4.98 Å². The van der Waals surface area contributed by atoms with E-state index in [1.165, 1.54) is 4.68 Å². The van der Waals surface area contributed by atoms with Crippen LogP contribution in [-0.4, -0.2) is 60.2 Å². The van der Waals surface area contributed by atoms with Gasteiger partial charge in [0.15, 0.2) is 6.23 Å². The zero-order valence-corrected chi connectivity index (χ0v) is 11.6. The van der Waals surface area contributed by atoms with E-state index in [-0.39, 0.29) is 13.2 Å². The summed E-state index contributed by atoms with van der Waals surface area (Å²) in [5, 5.41) is 36.8. The van der Waals surface area contributed by atoms with Crippen molar-refractivity contribution in [1.82, 2.24) is 20.0 Å².